The molecule has 0 aromatic heterocycles. The van der Waals surface area contributed by atoms with Crippen LogP contribution in [0.15, 0.2) is 24.3 Å². The average molecular weight is 356 g/mol. The molecule has 3 rings (SSSR count). The van der Waals surface area contributed by atoms with Crippen LogP contribution in [0.4, 0.5) is 18.9 Å². The van der Waals surface area contributed by atoms with Gasteiger partial charge in [-0.2, -0.15) is 13.2 Å². The highest BCUT2D eigenvalue weighted by Crippen LogP contribution is 2.32. The van der Waals surface area contributed by atoms with E-state index in [1.165, 1.54) is 25.7 Å². The van der Waals surface area contributed by atoms with E-state index in [9.17, 15) is 13.2 Å². The van der Waals surface area contributed by atoms with E-state index >= 15 is 0 Å². The smallest absolute Gasteiger partial charge is 0.422 e. The Labute approximate surface area is 147 Å². The molecule has 0 radical (unpaired) electrons. The van der Waals surface area contributed by atoms with Gasteiger partial charge in [-0.15, -0.1) is 0 Å². The van der Waals surface area contributed by atoms with Gasteiger partial charge in [0.15, 0.2) is 6.61 Å². The molecule has 0 spiro atoms. The minimum atomic E-state index is -4.32. The molecule has 1 aromatic rings. The minimum absolute atomic E-state index is 0.319. The van der Waals surface area contributed by atoms with Crippen LogP contribution >= 0.6 is 0 Å². The van der Waals surface area contributed by atoms with E-state index in [1.54, 1.807) is 12.1 Å². The first-order chi connectivity index (χ1) is 11.9. The number of para-hydroxylation sites is 2. The molecular weight excluding hydrogens is 329 g/mol. The highest BCUT2D eigenvalue weighted by molar-refractivity contribution is 5.58. The summed E-state index contributed by atoms with van der Waals surface area (Å²) in [6, 6.07) is 7.72. The quantitative estimate of drug-likeness (QED) is 0.799. The Balaban J connectivity index is 1.57. The number of ether oxygens (including phenoxy) is 1. The fourth-order valence-corrected chi connectivity index (χ4v) is 3.94. The van der Waals surface area contributed by atoms with E-state index in [2.05, 4.69) is 16.7 Å². The number of benzene rings is 1. The van der Waals surface area contributed by atoms with Crippen LogP contribution in [0.1, 0.15) is 32.6 Å². The van der Waals surface area contributed by atoms with Crippen molar-refractivity contribution < 1.29 is 17.9 Å². The van der Waals surface area contributed by atoms with Gasteiger partial charge in [0.05, 0.1) is 5.69 Å². The van der Waals surface area contributed by atoms with Gasteiger partial charge in [0, 0.05) is 32.2 Å². The molecule has 1 saturated heterocycles. The highest BCUT2D eigenvalue weighted by Gasteiger charge is 2.30. The number of anilines is 1. The molecule has 0 unspecified atom stereocenters. The fourth-order valence-electron chi connectivity index (χ4n) is 3.94. The highest BCUT2D eigenvalue weighted by atomic mass is 19.4. The maximum absolute atomic E-state index is 12.5. The molecule has 1 aromatic carbocycles. The molecule has 6 heteroatoms. The number of alkyl halides is 3. The lowest BCUT2D eigenvalue weighted by molar-refractivity contribution is -0.153. The lowest BCUT2D eigenvalue weighted by atomic mass is 9.86. The summed E-state index contributed by atoms with van der Waals surface area (Å²) in [6.07, 6.45) is 0.834. The van der Waals surface area contributed by atoms with Gasteiger partial charge in [-0.25, -0.2) is 0 Å². The van der Waals surface area contributed by atoms with Crippen molar-refractivity contribution >= 4 is 5.69 Å². The van der Waals surface area contributed by atoms with Crippen molar-refractivity contribution in [3.8, 4) is 5.75 Å². The second kappa shape index (κ2) is 7.85. The largest absolute Gasteiger partial charge is 0.482 e. The van der Waals surface area contributed by atoms with Crippen LogP contribution in [0, 0.1) is 5.92 Å². The number of piperazine rings is 1. The molecule has 1 aliphatic carbocycles. The second-order valence-corrected chi connectivity index (χ2v) is 7.31. The van der Waals surface area contributed by atoms with Crippen LogP contribution in [0.5, 0.6) is 5.75 Å². The molecule has 140 valence electrons. The summed E-state index contributed by atoms with van der Waals surface area (Å²) in [5.41, 5.74) is 0.767. The van der Waals surface area contributed by atoms with E-state index in [1.807, 2.05) is 12.1 Å². The lowest BCUT2D eigenvalue weighted by Crippen LogP contribution is -2.51. The van der Waals surface area contributed by atoms with Gasteiger partial charge in [0.2, 0.25) is 0 Å². The van der Waals surface area contributed by atoms with Crippen LogP contribution in [0.2, 0.25) is 0 Å². The predicted octanol–water partition coefficient (Wildman–Crippen LogP) is 4.33. The molecule has 1 heterocycles. The van der Waals surface area contributed by atoms with Gasteiger partial charge >= 0.3 is 6.18 Å². The monoisotopic (exact) mass is 356 g/mol. The third-order valence-corrected chi connectivity index (χ3v) is 5.41. The Morgan fingerprint density at radius 1 is 1.00 bits per heavy atom. The van der Waals surface area contributed by atoms with E-state index in [-0.39, 0.29) is 0 Å². The minimum Gasteiger partial charge on any atom is -0.482 e. The van der Waals surface area contributed by atoms with Gasteiger partial charge in [-0.05, 0) is 43.7 Å². The van der Waals surface area contributed by atoms with Crippen molar-refractivity contribution in [2.24, 2.45) is 5.92 Å². The summed E-state index contributed by atoms with van der Waals surface area (Å²) in [5, 5.41) is 0. The molecule has 0 bridgehead atoms. The number of rotatable bonds is 4. The van der Waals surface area contributed by atoms with Crippen LogP contribution < -0.4 is 9.64 Å². The van der Waals surface area contributed by atoms with Gasteiger partial charge in [-0.1, -0.05) is 19.1 Å². The van der Waals surface area contributed by atoms with E-state index in [0.29, 0.717) is 11.8 Å². The van der Waals surface area contributed by atoms with Crippen LogP contribution in [-0.4, -0.2) is 49.9 Å². The first-order valence-electron chi connectivity index (χ1n) is 9.20. The number of nitrogens with zero attached hydrogens (tertiary/aromatic N) is 2. The zero-order valence-corrected chi connectivity index (χ0v) is 14.8. The first-order valence-corrected chi connectivity index (χ1v) is 9.20. The van der Waals surface area contributed by atoms with Gasteiger partial charge in [0.1, 0.15) is 5.75 Å². The van der Waals surface area contributed by atoms with Crippen molar-refractivity contribution in [1.29, 1.82) is 0 Å². The third kappa shape index (κ3) is 5.03. The Bertz CT molecular complexity index is 548. The van der Waals surface area contributed by atoms with Crippen LogP contribution in [0.3, 0.4) is 0 Å². The SMILES string of the molecule is CC1CCC(N2CCN(c3ccccc3OCC(F)(F)F)CC2)CC1. The molecule has 0 amide bonds. The van der Waals surface area contributed by atoms with Gasteiger partial charge in [-0.3, -0.25) is 4.90 Å². The summed E-state index contributed by atoms with van der Waals surface area (Å²) in [5.74, 6) is 1.16. The molecule has 2 fully saturated rings. The van der Waals surface area contributed by atoms with Crippen molar-refractivity contribution in [2.75, 3.05) is 37.7 Å². The molecule has 2 aliphatic rings. The standard InChI is InChI=1S/C19H27F3N2O/c1-15-6-8-16(9-7-15)23-10-12-24(13-11-23)17-4-2-3-5-18(17)25-14-19(20,21)22/h2-5,15-16H,6-14H2,1H3. The second-order valence-electron chi connectivity index (χ2n) is 7.31. The Kier molecular flexibility index (Phi) is 5.77. The fraction of sp³-hybridized carbons (Fsp3) is 0.684. The predicted molar refractivity (Wildman–Crippen MR) is 93.2 cm³/mol. The van der Waals surface area contributed by atoms with Crippen molar-refractivity contribution in [1.82, 2.24) is 4.90 Å². The third-order valence-electron chi connectivity index (χ3n) is 5.41. The molecule has 25 heavy (non-hydrogen) atoms. The summed E-state index contributed by atoms with van der Waals surface area (Å²) in [6.45, 7) is 4.67. The van der Waals surface area contributed by atoms with E-state index in [0.717, 1.165) is 37.8 Å². The molecule has 3 nitrogen and oxygen atoms in total. The molecule has 0 N–H and O–H groups in total. The van der Waals surface area contributed by atoms with Crippen molar-refractivity contribution in [3.63, 3.8) is 0 Å². The lowest BCUT2D eigenvalue weighted by Gasteiger charge is -2.42. The average Bonchev–Trinajstić information content (AvgIpc) is 2.60. The van der Waals surface area contributed by atoms with Gasteiger partial charge in [0.25, 0.3) is 0 Å². The molecule has 1 saturated carbocycles. The van der Waals surface area contributed by atoms with E-state index < -0.39 is 12.8 Å². The Hall–Kier alpha value is -1.43. The van der Waals surface area contributed by atoms with Crippen molar-refractivity contribution in [2.45, 2.75) is 44.8 Å². The summed E-state index contributed by atoms with van der Waals surface area (Å²) in [4.78, 5) is 4.70. The van der Waals surface area contributed by atoms with Gasteiger partial charge < -0.3 is 9.64 Å². The zero-order valence-electron chi connectivity index (χ0n) is 14.8. The molecule has 1 aliphatic heterocycles. The van der Waals surface area contributed by atoms with E-state index in [4.69, 9.17) is 4.74 Å². The topological polar surface area (TPSA) is 15.7 Å². The summed E-state index contributed by atoms with van der Waals surface area (Å²) < 4.78 is 42.4. The number of hydrogen-bond donors (Lipinski definition) is 0. The maximum atomic E-state index is 12.5. The van der Waals surface area contributed by atoms with Crippen LogP contribution in [0.25, 0.3) is 0 Å². The Morgan fingerprint density at radius 3 is 2.28 bits per heavy atom. The zero-order chi connectivity index (χ0) is 17.9. The first kappa shape index (κ1) is 18.4. The summed E-state index contributed by atoms with van der Waals surface area (Å²) in [7, 11) is 0. The van der Waals surface area contributed by atoms with Crippen molar-refractivity contribution in [3.05, 3.63) is 24.3 Å². The Morgan fingerprint density at radius 2 is 1.64 bits per heavy atom. The summed E-state index contributed by atoms with van der Waals surface area (Å²) >= 11 is 0. The normalized spacial score (nSPS) is 25.8. The molecular formula is C19H27F3N2O. The maximum Gasteiger partial charge on any atom is 0.422 e. The van der Waals surface area contributed by atoms with Crippen LogP contribution in [-0.2, 0) is 0 Å². The number of hydrogen-bond acceptors (Lipinski definition) is 3. The number of halogens is 3. The molecule has 0 atom stereocenters.